The van der Waals surface area contributed by atoms with Crippen molar-refractivity contribution in [2.24, 2.45) is 5.92 Å². The summed E-state index contributed by atoms with van der Waals surface area (Å²) in [6.07, 6.45) is 0.503. The highest BCUT2D eigenvalue weighted by atomic mass is 35.5. The number of anilines is 2. The molecule has 0 aliphatic carbocycles. The molecule has 0 bridgehead atoms. The van der Waals surface area contributed by atoms with Crippen LogP contribution in [0.5, 0.6) is 0 Å². The van der Waals surface area contributed by atoms with Crippen LogP contribution in [0.25, 0.3) is 0 Å². The highest BCUT2D eigenvalue weighted by Gasteiger charge is 2.37. The monoisotopic (exact) mass is 328 g/mol. The number of halogens is 1. The largest absolute Gasteiger partial charge is 0.325 e. The minimum Gasteiger partial charge on any atom is -0.325 e. The number of rotatable bonds is 3. The Hall–Kier alpha value is -2.33. The van der Waals surface area contributed by atoms with E-state index in [0.717, 1.165) is 11.3 Å². The highest BCUT2D eigenvalue weighted by molar-refractivity contribution is 6.31. The van der Waals surface area contributed by atoms with Crippen LogP contribution < -0.4 is 10.2 Å². The molecule has 0 spiro atoms. The van der Waals surface area contributed by atoms with Crippen molar-refractivity contribution in [1.82, 2.24) is 0 Å². The van der Waals surface area contributed by atoms with Crippen molar-refractivity contribution >= 4 is 34.8 Å². The molecule has 2 aromatic carbocycles. The normalized spacial score (nSPS) is 17.4. The molecule has 118 valence electrons. The Kier molecular flexibility index (Phi) is 4.35. The van der Waals surface area contributed by atoms with Crippen molar-refractivity contribution in [2.45, 2.75) is 13.3 Å². The number of amides is 2. The predicted molar refractivity (Wildman–Crippen MR) is 91.7 cm³/mol. The third kappa shape index (κ3) is 3.37. The summed E-state index contributed by atoms with van der Waals surface area (Å²) in [4.78, 5) is 26.5. The number of hydrogen-bond donors (Lipinski definition) is 1. The van der Waals surface area contributed by atoms with E-state index in [2.05, 4.69) is 5.32 Å². The first-order chi connectivity index (χ1) is 11.0. The molecule has 2 aromatic rings. The highest BCUT2D eigenvalue weighted by Crippen LogP contribution is 2.28. The van der Waals surface area contributed by atoms with Crippen LogP contribution in [0.3, 0.4) is 0 Å². The summed E-state index contributed by atoms with van der Waals surface area (Å²) in [6.45, 7) is 2.50. The molecule has 3 rings (SSSR count). The van der Waals surface area contributed by atoms with Gasteiger partial charge in [-0.25, -0.2) is 0 Å². The quantitative estimate of drug-likeness (QED) is 0.874. The van der Waals surface area contributed by atoms with Crippen LogP contribution in [0.4, 0.5) is 11.4 Å². The molecule has 1 heterocycles. The zero-order chi connectivity index (χ0) is 16.4. The van der Waals surface area contributed by atoms with Crippen LogP contribution in [0.1, 0.15) is 12.0 Å². The molecule has 1 fully saturated rings. The van der Waals surface area contributed by atoms with Gasteiger partial charge >= 0.3 is 0 Å². The summed E-state index contributed by atoms with van der Waals surface area (Å²) >= 11 is 5.97. The van der Waals surface area contributed by atoms with Gasteiger partial charge in [-0.1, -0.05) is 35.4 Å². The van der Waals surface area contributed by atoms with Crippen LogP contribution in [0.2, 0.25) is 5.02 Å². The van der Waals surface area contributed by atoms with Gasteiger partial charge in [-0.05, 0) is 43.7 Å². The van der Waals surface area contributed by atoms with Crippen LogP contribution in [-0.4, -0.2) is 18.4 Å². The second-order valence-corrected chi connectivity index (χ2v) is 6.10. The zero-order valence-corrected chi connectivity index (χ0v) is 13.5. The molecule has 1 N–H and O–H groups in total. The minimum atomic E-state index is -0.657. The van der Waals surface area contributed by atoms with Gasteiger partial charge in [0.25, 0.3) is 0 Å². The second kappa shape index (κ2) is 6.42. The molecule has 0 saturated carbocycles. The van der Waals surface area contributed by atoms with E-state index in [9.17, 15) is 9.59 Å². The number of benzene rings is 2. The Morgan fingerprint density at radius 2 is 1.96 bits per heavy atom. The summed E-state index contributed by atoms with van der Waals surface area (Å²) in [5.41, 5.74) is 2.55. The van der Waals surface area contributed by atoms with Gasteiger partial charge in [0.15, 0.2) is 0 Å². The molecule has 1 unspecified atom stereocenters. The molecule has 23 heavy (non-hydrogen) atoms. The van der Waals surface area contributed by atoms with Gasteiger partial charge in [0.1, 0.15) is 5.92 Å². The van der Waals surface area contributed by atoms with Gasteiger partial charge < -0.3 is 10.2 Å². The minimum absolute atomic E-state index is 0.183. The standard InChI is InChI=1S/C18H17ClN2O2/c1-12-5-7-14(8-6-12)20-17(22)16-9-10-21(18(16)23)15-4-2-3-13(19)11-15/h2-8,11,16H,9-10H2,1H3,(H,20,22). The summed E-state index contributed by atoms with van der Waals surface area (Å²) in [5, 5.41) is 3.38. The van der Waals surface area contributed by atoms with Crippen LogP contribution in [0.15, 0.2) is 48.5 Å². The SMILES string of the molecule is Cc1ccc(NC(=O)C2CCN(c3cccc(Cl)c3)C2=O)cc1. The van der Waals surface area contributed by atoms with E-state index < -0.39 is 5.92 Å². The second-order valence-electron chi connectivity index (χ2n) is 5.67. The van der Waals surface area contributed by atoms with Crippen molar-refractivity contribution in [3.8, 4) is 0 Å². The zero-order valence-electron chi connectivity index (χ0n) is 12.8. The molecule has 0 radical (unpaired) electrons. The summed E-state index contributed by atoms with van der Waals surface area (Å²) in [6, 6.07) is 14.6. The van der Waals surface area contributed by atoms with Crippen LogP contribution >= 0.6 is 11.6 Å². The van der Waals surface area contributed by atoms with E-state index in [0.29, 0.717) is 23.7 Å². The lowest BCUT2D eigenvalue weighted by Crippen LogP contribution is -2.33. The molecule has 0 aromatic heterocycles. The van der Waals surface area contributed by atoms with E-state index in [1.54, 1.807) is 23.1 Å². The van der Waals surface area contributed by atoms with Crippen LogP contribution in [0, 0.1) is 12.8 Å². The molecule has 4 nitrogen and oxygen atoms in total. The van der Waals surface area contributed by atoms with Crippen molar-refractivity contribution in [3.63, 3.8) is 0 Å². The molecular weight excluding hydrogens is 312 g/mol. The van der Waals surface area contributed by atoms with Crippen molar-refractivity contribution < 1.29 is 9.59 Å². The molecule has 1 saturated heterocycles. The maximum Gasteiger partial charge on any atom is 0.239 e. The molecule has 1 aliphatic rings. The van der Waals surface area contributed by atoms with E-state index in [1.165, 1.54) is 0 Å². The molecule has 2 amide bonds. The fourth-order valence-electron chi connectivity index (χ4n) is 2.69. The first-order valence-electron chi connectivity index (χ1n) is 7.49. The maximum atomic E-state index is 12.5. The molecular formula is C18H17ClN2O2. The number of nitrogens with zero attached hydrogens (tertiary/aromatic N) is 1. The topological polar surface area (TPSA) is 49.4 Å². The van der Waals surface area contributed by atoms with E-state index in [4.69, 9.17) is 11.6 Å². The summed E-state index contributed by atoms with van der Waals surface area (Å²) in [5.74, 6) is -1.10. The lowest BCUT2D eigenvalue weighted by atomic mass is 10.1. The molecule has 5 heteroatoms. The lowest BCUT2D eigenvalue weighted by molar-refractivity contribution is -0.129. The van der Waals surface area contributed by atoms with Gasteiger partial charge in [-0.3, -0.25) is 9.59 Å². The smallest absolute Gasteiger partial charge is 0.239 e. The van der Waals surface area contributed by atoms with Gasteiger partial charge in [0.2, 0.25) is 11.8 Å². The van der Waals surface area contributed by atoms with Crippen molar-refractivity contribution in [2.75, 3.05) is 16.8 Å². The van der Waals surface area contributed by atoms with E-state index >= 15 is 0 Å². The van der Waals surface area contributed by atoms with E-state index in [-0.39, 0.29) is 11.8 Å². The predicted octanol–water partition coefficient (Wildman–Crippen LogP) is 3.64. The number of hydrogen-bond acceptors (Lipinski definition) is 2. The fraction of sp³-hybridized carbons (Fsp3) is 0.222. The number of aryl methyl sites for hydroxylation is 1. The third-order valence-corrected chi connectivity index (χ3v) is 4.20. The first kappa shape index (κ1) is 15.6. The first-order valence-corrected chi connectivity index (χ1v) is 7.87. The number of nitrogens with one attached hydrogen (secondary N) is 1. The van der Waals surface area contributed by atoms with Gasteiger partial charge in [-0.2, -0.15) is 0 Å². The van der Waals surface area contributed by atoms with Crippen molar-refractivity contribution in [1.29, 1.82) is 0 Å². The molecule has 1 aliphatic heterocycles. The van der Waals surface area contributed by atoms with Gasteiger partial charge in [0, 0.05) is 22.9 Å². The lowest BCUT2D eigenvalue weighted by Gasteiger charge is -2.17. The maximum absolute atomic E-state index is 12.5. The fourth-order valence-corrected chi connectivity index (χ4v) is 2.87. The van der Waals surface area contributed by atoms with Crippen LogP contribution in [-0.2, 0) is 9.59 Å². The Morgan fingerprint density at radius 1 is 1.22 bits per heavy atom. The Balaban J connectivity index is 1.71. The molecule has 1 atom stereocenters. The third-order valence-electron chi connectivity index (χ3n) is 3.96. The number of carbonyl (C=O) groups excluding carboxylic acids is 2. The average molecular weight is 329 g/mol. The van der Waals surface area contributed by atoms with Gasteiger partial charge in [-0.15, -0.1) is 0 Å². The van der Waals surface area contributed by atoms with Gasteiger partial charge in [0.05, 0.1) is 0 Å². The number of carbonyl (C=O) groups is 2. The van der Waals surface area contributed by atoms with Crippen molar-refractivity contribution in [3.05, 3.63) is 59.1 Å². The summed E-state index contributed by atoms with van der Waals surface area (Å²) < 4.78 is 0. The Morgan fingerprint density at radius 3 is 2.65 bits per heavy atom. The Bertz CT molecular complexity index is 743. The average Bonchev–Trinajstić information content (AvgIpc) is 2.91. The summed E-state index contributed by atoms with van der Waals surface area (Å²) in [7, 11) is 0. The van der Waals surface area contributed by atoms with E-state index in [1.807, 2.05) is 37.3 Å². The Labute approximate surface area is 140 Å².